The van der Waals surface area contributed by atoms with E-state index in [1.807, 2.05) is 0 Å². The molecular weight excluding hydrogens is 441 g/mol. The minimum Gasteiger partial charge on any atom is -0.491 e. The maximum atomic E-state index is 14.9. The first-order chi connectivity index (χ1) is 16.3. The van der Waals surface area contributed by atoms with Gasteiger partial charge in [-0.25, -0.2) is 13.2 Å². The van der Waals surface area contributed by atoms with Crippen LogP contribution >= 0.6 is 0 Å². The van der Waals surface area contributed by atoms with Crippen LogP contribution in [-0.4, -0.2) is 19.8 Å². The van der Waals surface area contributed by atoms with Gasteiger partial charge in [-0.1, -0.05) is 49.6 Å². The molecule has 0 N–H and O–H groups in total. The van der Waals surface area contributed by atoms with Crippen LogP contribution in [0.5, 0.6) is 0 Å². The lowest BCUT2D eigenvalue weighted by atomic mass is 9.82. The van der Waals surface area contributed by atoms with E-state index in [2.05, 4.69) is 13.2 Å². The number of halogens is 3. The van der Waals surface area contributed by atoms with Crippen LogP contribution in [0.3, 0.4) is 0 Å². The second-order valence-corrected chi connectivity index (χ2v) is 8.34. The van der Waals surface area contributed by atoms with Gasteiger partial charge in [0.05, 0.1) is 12.7 Å². The maximum absolute atomic E-state index is 14.9. The van der Waals surface area contributed by atoms with Gasteiger partial charge >= 0.3 is 0 Å². The molecular formula is C28H31F3O3. The van der Waals surface area contributed by atoms with E-state index in [0.29, 0.717) is 17.7 Å². The summed E-state index contributed by atoms with van der Waals surface area (Å²) < 4.78 is 59.6. The Morgan fingerprint density at radius 3 is 2.26 bits per heavy atom. The van der Waals surface area contributed by atoms with Gasteiger partial charge in [-0.2, -0.15) is 0 Å². The summed E-state index contributed by atoms with van der Waals surface area (Å²) in [5.41, 5.74) is 1.98. The lowest BCUT2D eigenvalue weighted by Crippen LogP contribution is -2.20. The quantitative estimate of drug-likeness (QED) is 0.261. The van der Waals surface area contributed by atoms with Crippen molar-refractivity contribution in [2.45, 2.75) is 51.2 Å². The topological polar surface area (TPSA) is 27.7 Å². The lowest BCUT2D eigenvalue weighted by Gasteiger charge is -2.28. The highest BCUT2D eigenvalue weighted by atomic mass is 19.2. The van der Waals surface area contributed by atoms with E-state index in [1.54, 1.807) is 50.4 Å². The van der Waals surface area contributed by atoms with Gasteiger partial charge in [0.15, 0.2) is 17.5 Å². The average Bonchev–Trinajstić information content (AvgIpc) is 2.85. The van der Waals surface area contributed by atoms with Gasteiger partial charge in [-0.3, -0.25) is 0 Å². The molecule has 0 aliphatic heterocycles. The second kappa shape index (κ2) is 11.9. The Balaban J connectivity index is 1.64. The molecule has 1 aliphatic rings. The number of ether oxygens (including phenoxy) is 3. The Bertz CT molecular complexity index is 1040. The zero-order valence-electron chi connectivity index (χ0n) is 19.7. The van der Waals surface area contributed by atoms with E-state index >= 15 is 0 Å². The molecule has 1 fully saturated rings. The zero-order chi connectivity index (χ0) is 24.7. The van der Waals surface area contributed by atoms with E-state index in [0.717, 1.165) is 37.3 Å². The fourth-order valence-electron chi connectivity index (χ4n) is 4.18. The van der Waals surface area contributed by atoms with Crippen LogP contribution in [-0.2, 0) is 20.8 Å². The smallest absolute Gasteiger partial charge is 0.168 e. The van der Waals surface area contributed by atoms with Crippen molar-refractivity contribution < 1.29 is 27.4 Å². The van der Waals surface area contributed by atoms with E-state index < -0.39 is 17.5 Å². The highest BCUT2D eigenvalue weighted by Crippen LogP contribution is 2.37. The van der Waals surface area contributed by atoms with Gasteiger partial charge in [-0.05, 0) is 55.2 Å². The predicted molar refractivity (Wildman–Crippen MR) is 128 cm³/mol. The van der Waals surface area contributed by atoms with Gasteiger partial charge in [0.2, 0.25) is 0 Å². The van der Waals surface area contributed by atoms with Crippen LogP contribution in [0.4, 0.5) is 13.2 Å². The van der Waals surface area contributed by atoms with Gasteiger partial charge < -0.3 is 14.2 Å². The summed E-state index contributed by atoms with van der Waals surface area (Å²) in [5, 5.41) is 0. The highest BCUT2D eigenvalue weighted by molar-refractivity contribution is 5.65. The molecule has 0 aromatic heterocycles. The van der Waals surface area contributed by atoms with Crippen molar-refractivity contribution in [2.75, 3.05) is 13.7 Å². The van der Waals surface area contributed by atoms with Crippen LogP contribution in [0, 0.1) is 11.6 Å². The van der Waals surface area contributed by atoms with E-state index in [1.165, 1.54) is 0 Å². The monoisotopic (exact) mass is 472 g/mol. The Hall–Kier alpha value is -2.99. The molecule has 182 valence electrons. The van der Waals surface area contributed by atoms with Crippen molar-refractivity contribution in [2.24, 2.45) is 0 Å². The fourth-order valence-corrected chi connectivity index (χ4v) is 4.18. The minimum absolute atomic E-state index is 0.00663. The summed E-state index contributed by atoms with van der Waals surface area (Å²) in [6.45, 7) is 9.33. The molecule has 3 rings (SSSR count). The average molecular weight is 473 g/mol. The minimum atomic E-state index is -0.834. The van der Waals surface area contributed by atoms with Gasteiger partial charge in [0.1, 0.15) is 18.1 Å². The molecule has 0 spiro atoms. The molecule has 2 aromatic carbocycles. The molecule has 0 heterocycles. The molecule has 34 heavy (non-hydrogen) atoms. The molecule has 2 aromatic rings. The molecule has 0 bridgehead atoms. The molecule has 0 amide bonds. The molecule has 1 saturated carbocycles. The third kappa shape index (κ3) is 6.32. The van der Waals surface area contributed by atoms with Crippen molar-refractivity contribution in [1.82, 2.24) is 0 Å². The first-order valence-corrected chi connectivity index (χ1v) is 11.4. The molecule has 0 saturated heterocycles. The summed E-state index contributed by atoms with van der Waals surface area (Å²) in [6.07, 6.45) is 4.58. The summed E-state index contributed by atoms with van der Waals surface area (Å²) in [6, 6.07) is 10.2. The summed E-state index contributed by atoms with van der Waals surface area (Å²) >= 11 is 0. The zero-order valence-corrected chi connectivity index (χ0v) is 19.7. The van der Waals surface area contributed by atoms with Gasteiger partial charge in [0, 0.05) is 18.7 Å². The fraction of sp³-hybridized carbons (Fsp3) is 0.357. The van der Waals surface area contributed by atoms with Crippen LogP contribution < -0.4 is 0 Å². The summed E-state index contributed by atoms with van der Waals surface area (Å²) in [4.78, 5) is 0. The van der Waals surface area contributed by atoms with E-state index in [-0.39, 0.29) is 35.7 Å². The van der Waals surface area contributed by atoms with Crippen molar-refractivity contribution in [3.63, 3.8) is 0 Å². The van der Waals surface area contributed by atoms with E-state index in [9.17, 15) is 13.2 Å². The van der Waals surface area contributed by atoms with Crippen LogP contribution in [0.15, 0.2) is 73.0 Å². The number of allylic oxidation sites excluding steroid dienone is 2. The molecule has 3 nitrogen and oxygen atoms in total. The Kier molecular flexibility index (Phi) is 8.99. The third-order valence-corrected chi connectivity index (χ3v) is 6.12. The molecule has 0 unspecified atom stereocenters. The van der Waals surface area contributed by atoms with Gasteiger partial charge in [0.25, 0.3) is 0 Å². The molecule has 0 atom stereocenters. The Labute approximate surface area is 199 Å². The second-order valence-electron chi connectivity index (χ2n) is 8.34. The first-order valence-electron chi connectivity index (χ1n) is 11.4. The van der Waals surface area contributed by atoms with Crippen molar-refractivity contribution >= 4 is 0 Å². The largest absolute Gasteiger partial charge is 0.491 e. The molecule has 0 radical (unpaired) electrons. The maximum Gasteiger partial charge on any atom is 0.168 e. The third-order valence-electron chi connectivity index (χ3n) is 6.12. The SMILES string of the molecule is C=C(/C=C(/F)C(=C)OCC)OCc1ccc(-c2ccc(C3CCC(OC)CC3)c(F)c2F)cc1. The lowest BCUT2D eigenvalue weighted by molar-refractivity contribution is 0.0655. The summed E-state index contributed by atoms with van der Waals surface area (Å²) in [5.74, 6) is -2.23. The van der Waals surface area contributed by atoms with Crippen molar-refractivity contribution in [3.05, 3.63) is 95.7 Å². The normalized spacial score (nSPS) is 18.4. The molecule has 6 heteroatoms. The predicted octanol–water partition coefficient (Wildman–Crippen LogP) is 7.74. The summed E-state index contributed by atoms with van der Waals surface area (Å²) in [7, 11) is 1.69. The van der Waals surface area contributed by atoms with Gasteiger partial charge in [-0.15, -0.1) is 0 Å². The number of methoxy groups -OCH3 is 1. The number of hydrogen-bond acceptors (Lipinski definition) is 3. The first kappa shape index (κ1) is 25.6. The number of hydrogen-bond donors (Lipinski definition) is 0. The Morgan fingerprint density at radius 1 is 0.971 bits per heavy atom. The van der Waals surface area contributed by atoms with Crippen molar-refractivity contribution in [3.8, 4) is 11.1 Å². The standard InChI is InChI=1S/C28H31F3O3/c1-5-33-19(3)26(29)16-18(2)34-17-20-6-8-21(9-7-20)24-14-15-25(28(31)27(24)30)22-10-12-23(32-4)13-11-22/h6-9,14-16,22-23H,2-3,5,10-13,17H2,1,4H3/b26-16+. The van der Waals surface area contributed by atoms with Crippen LogP contribution in [0.2, 0.25) is 0 Å². The number of benzene rings is 2. The van der Waals surface area contributed by atoms with Crippen LogP contribution in [0.25, 0.3) is 11.1 Å². The highest BCUT2D eigenvalue weighted by Gasteiger charge is 2.26. The van der Waals surface area contributed by atoms with E-state index in [4.69, 9.17) is 14.2 Å². The number of rotatable bonds is 10. The Morgan fingerprint density at radius 2 is 1.65 bits per heavy atom. The van der Waals surface area contributed by atoms with Crippen LogP contribution in [0.1, 0.15) is 49.7 Å². The van der Waals surface area contributed by atoms with Crippen molar-refractivity contribution in [1.29, 1.82) is 0 Å². The molecule has 1 aliphatic carbocycles.